The number of nitrogens with zero attached hydrogens (tertiary/aromatic N) is 1. The van der Waals surface area contributed by atoms with Gasteiger partial charge in [-0.05, 0) is 43.6 Å². The minimum Gasteiger partial charge on any atom is -0.464 e. The van der Waals surface area contributed by atoms with Crippen molar-refractivity contribution in [2.45, 2.75) is 25.3 Å². The SMILES string of the molecule is CCOC(=O)[C@@H](C)NC(=O)c1c(-c2ccc(Cl)cc2F)noc1C(F)(F)Cl. The molecular formula is C16H13Cl2F3N2O4. The van der Waals surface area contributed by atoms with E-state index in [1.165, 1.54) is 13.0 Å². The molecule has 0 radical (unpaired) electrons. The number of esters is 1. The van der Waals surface area contributed by atoms with Crippen LogP contribution in [-0.4, -0.2) is 29.7 Å². The van der Waals surface area contributed by atoms with Crippen LogP contribution in [0.4, 0.5) is 13.2 Å². The molecule has 0 aliphatic rings. The third-order valence-corrected chi connectivity index (χ3v) is 3.76. The second kappa shape index (κ2) is 8.18. The Bertz CT molecular complexity index is 868. The van der Waals surface area contributed by atoms with Gasteiger partial charge in [0.25, 0.3) is 5.91 Å². The molecule has 2 rings (SSSR count). The van der Waals surface area contributed by atoms with Gasteiger partial charge in [-0.2, -0.15) is 8.78 Å². The summed E-state index contributed by atoms with van der Waals surface area (Å²) < 4.78 is 50.7. The summed E-state index contributed by atoms with van der Waals surface area (Å²) in [7, 11) is 0. The lowest BCUT2D eigenvalue weighted by Gasteiger charge is -2.14. The smallest absolute Gasteiger partial charge is 0.383 e. The first-order chi connectivity index (χ1) is 12.6. The normalized spacial score (nSPS) is 12.6. The van der Waals surface area contributed by atoms with Crippen molar-refractivity contribution in [3.8, 4) is 11.3 Å². The Morgan fingerprint density at radius 1 is 1.41 bits per heavy atom. The molecule has 1 amide bonds. The van der Waals surface area contributed by atoms with Gasteiger partial charge in [0.2, 0.25) is 5.76 Å². The maximum absolute atomic E-state index is 14.2. The first-order valence-corrected chi connectivity index (χ1v) is 8.31. The molecule has 2 aromatic rings. The van der Waals surface area contributed by atoms with E-state index in [-0.39, 0.29) is 17.2 Å². The van der Waals surface area contributed by atoms with E-state index < -0.39 is 46.1 Å². The molecule has 0 aliphatic heterocycles. The molecule has 0 aliphatic carbocycles. The van der Waals surface area contributed by atoms with Gasteiger partial charge in [-0.15, -0.1) is 0 Å². The van der Waals surface area contributed by atoms with Crippen LogP contribution >= 0.6 is 23.2 Å². The summed E-state index contributed by atoms with van der Waals surface area (Å²) in [6.07, 6.45) is 0. The molecule has 0 saturated carbocycles. The lowest BCUT2D eigenvalue weighted by Crippen LogP contribution is -2.40. The Morgan fingerprint density at radius 3 is 2.63 bits per heavy atom. The number of rotatable bonds is 6. The number of aromatic nitrogens is 1. The van der Waals surface area contributed by atoms with E-state index in [1.54, 1.807) is 6.92 Å². The molecule has 1 aromatic carbocycles. The molecule has 1 N–H and O–H groups in total. The van der Waals surface area contributed by atoms with Crippen LogP contribution in [0.1, 0.15) is 30.0 Å². The zero-order valence-electron chi connectivity index (χ0n) is 14.0. The third-order valence-electron chi connectivity index (χ3n) is 3.35. The number of hydrogen-bond acceptors (Lipinski definition) is 5. The second-order valence-electron chi connectivity index (χ2n) is 5.30. The number of nitrogens with one attached hydrogen (secondary N) is 1. The Labute approximate surface area is 161 Å². The quantitative estimate of drug-likeness (QED) is 0.557. The maximum Gasteiger partial charge on any atom is 0.383 e. The highest BCUT2D eigenvalue weighted by Crippen LogP contribution is 2.39. The highest BCUT2D eigenvalue weighted by atomic mass is 35.5. The van der Waals surface area contributed by atoms with E-state index in [0.717, 1.165) is 12.1 Å². The van der Waals surface area contributed by atoms with Crippen molar-refractivity contribution in [1.82, 2.24) is 10.5 Å². The lowest BCUT2D eigenvalue weighted by atomic mass is 10.0. The van der Waals surface area contributed by atoms with E-state index >= 15 is 0 Å². The predicted molar refractivity (Wildman–Crippen MR) is 90.2 cm³/mol. The zero-order valence-corrected chi connectivity index (χ0v) is 15.5. The fourth-order valence-corrected chi connectivity index (χ4v) is 2.44. The van der Waals surface area contributed by atoms with Gasteiger partial charge < -0.3 is 14.6 Å². The fourth-order valence-electron chi connectivity index (χ4n) is 2.15. The summed E-state index contributed by atoms with van der Waals surface area (Å²) in [5.41, 5.74) is -1.65. The molecule has 146 valence electrons. The minimum absolute atomic E-state index is 0.0459. The molecule has 0 unspecified atom stereocenters. The summed E-state index contributed by atoms with van der Waals surface area (Å²) in [4.78, 5) is 24.2. The summed E-state index contributed by atoms with van der Waals surface area (Å²) in [5, 5.41) is 1.46. The van der Waals surface area contributed by atoms with Gasteiger partial charge in [-0.1, -0.05) is 16.8 Å². The topological polar surface area (TPSA) is 81.4 Å². The number of alkyl halides is 3. The Kier molecular flexibility index (Phi) is 6.38. The van der Waals surface area contributed by atoms with Crippen LogP contribution in [0.3, 0.4) is 0 Å². The van der Waals surface area contributed by atoms with Crippen molar-refractivity contribution in [3.63, 3.8) is 0 Å². The molecule has 0 bridgehead atoms. The highest BCUT2D eigenvalue weighted by Gasteiger charge is 2.41. The van der Waals surface area contributed by atoms with Crippen LogP contribution < -0.4 is 5.32 Å². The number of carbonyl (C=O) groups is 2. The van der Waals surface area contributed by atoms with Gasteiger partial charge in [0.15, 0.2) is 0 Å². The van der Waals surface area contributed by atoms with E-state index in [2.05, 4.69) is 15.0 Å². The molecule has 1 aromatic heterocycles. The van der Waals surface area contributed by atoms with Gasteiger partial charge in [0, 0.05) is 10.6 Å². The molecule has 11 heteroatoms. The lowest BCUT2D eigenvalue weighted by molar-refractivity contribution is -0.144. The monoisotopic (exact) mass is 424 g/mol. The number of amides is 1. The van der Waals surface area contributed by atoms with Gasteiger partial charge in [0.05, 0.1) is 6.61 Å². The second-order valence-corrected chi connectivity index (χ2v) is 6.22. The Hall–Kier alpha value is -2.26. The summed E-state index contributed by atoms with van der Waals surface area (Å²) in [6, 6.07) is 2.15. The summed E-state index contributed by atoms with van der Waals surface area (Å²) in [6.45, 7) is 2.89. The predicted octanol–water partition coefficient (Wildman–Crippen LogP) is 4.10. The van der Waals surface area contributed by atoms with E-state index in [9.17, 15) is 22.8 Å². The number of benzene rings is 1. The number of ether oxygens (including phenoxy) is 1. The van der Waals surface area contributed by atoms with Gasteiger partial charge in [-0.25, -0.2) is 9.18 Å². The van der Waals surface area contributed by atoms with Gasteiger partial charge >= 0.3 is 11.4 Å². The van der Waals surface area contributed by atoms with E-state index in [1.807, 2.05) is 0 Å². The highest BCUT2D eigenvalue weighted by molar-refractivity contribution is 6.30. The van der Waals surface area contributed by atoms with Crippen molar-refractivity contribution < 1.29 is 32.0 Å². The van der Waals surface area contributed by atoms with Crippen molar-refractivity contribution in [2.24, 2.45) is 0 Å². The first kappa shape index (κ1) is 21.0. The average Bonchev–Trinajstić information content (AvgIpc) is 3.00. The largest absolute Gasteiger partial charge is 0.464 e. The van der Waals surface area contributed by atoms with Crippen molar-refractivity contribution >= 4 is 35.1 Å². The average molecular weight is 425 g/mol. The van der Waals surface area contributed by atoms with Gasteiger partial charge in [-0.3, -0.25) is 4.79 Å². The van der Waals surface area contributed by atoms with E-state index in [0.29, 0.717) is 0 Å². The third kappa shape index (κ3) is 4.72. The van der Waals surface area contributed by atoms with Crippen molar-refractivity contribution in [1.29, 1.82) is 0 Å². The minimum atomic E-state index is -4.10. The molecule has 0 saturated heterocycles. The van der Waals surface area contributed by atoms with Crippen LogP contribution in [0.25, 0.3) is 11.3 Å². The molecule has 0 spiro atoms. The molecule has 0 fully saturated rings. The fraction of sp³-hybridized carbons (Fsp3) is 0.312. The molecule has 1 heterocycles. The summed E-state index contributed by atoms with van der Waals surface area (Å²) >= 11 is 10.6. The standard InChI is InChI=1S/C16H13Cl2F3N2O4/c1-3-26-15(25)7(2)22-14(24)11-12(23-27-13(11)16(18,20)21)9-5-4-8(17)6-10(9)19/h4-7H,3H2,1-2H3,(H,22,24)/t7-/m1/s1. The van der Waals surface area contributed by atoms with Crippen molar-refractivity contribution in [2.75, 3.05) is 6.61 Å². The number of halogens is 5. The van der Waals surface area contributed by atoms with Crippen LogP contribution in [0, 0.1) is 5.82 Å². The Morgan fingerprint density at radius 2 is 2.07 bits per heavy atom. The van der Waals surface area contributed by atoms with Crippen LogP contribution in [0.2, 0.25) is 5.02 Å². The summed E-state index contributed by atoms with van der Waals surface area (Å²) in [5.74, 6) is -4.17. The molecule has 1 atom stereocenters. The van der Waals surface area contributed by atoms with Crippen LogP contribution in [-0.2, 0) is 14.9 Å². The first-order valence-electron chi connectivity index (χ1n) is 7.56. The van der Waals surface area contributed by atoms with Crippen molar-refractivity contribution in [3.05, 3.63) is 40.4 Å². The van der Waals surface area contributed by atoms with Gasteiger partial charge in [0.1, 0.15) is 23.1 Å². The van der Waals surface area contributed by atoms with Crippen LogP contribution in [0.15, 0.2) is 22.7 Å². The number of hydrogen-bond donors (Lipinski definition) is 1. The van der Waals surface area contributed by atoms with Crippen LogP contribution in [0.5, 0.6) is 0 Å². The Balaban J connectivity index is 2.51. The molecule has 6 nitrogen and oxygen atoms in total. The van der Waals surface area contributed by atoms with E-state index in [4.69, 9.17) is 27.9 Å². The number of carbonyl (C=O) groups excluding carboxylic acids is 2. The maximum atomic E-state index is 14.2. The molecule has 27 heavy (non-hydrogen) atoms. The zero-order chi connectivity index (χ0) is 20.4. The molecular weight excluding hydrogens is 412 g/mol.